The number of pyridine rings is 1. The van der Waals surface area contributed by atoms with E-state index in [0.29, 0.717) is 30.2 Å². The van der Waals surface area contributed by atoms with Crippen LogP contribution in [0, 0.1) is 0 Å². The predicted octanol–water partition coefficient (Wildman–Crippen LogP) is 1.83. The average Bonchev–Trinajstić information content (AvgIpc) is 2.79. The number of carbonyl (C=O) groups is 1. The zero-order valence-electron chi connectivity index (χ0n) is 18.0. The molecule has 2 aromatic rings. The normalized spacial score (nSPS) is 15.3. The fourth-order valence-electron chi connectivity index (χ4n) is 3.18. The molecule has 0 unspecified atom stereocenters. The van der Waals surface area contributed by atoms with Crippen molar-refractivity contribution in [3.63, 3.8) is 0 Å². The van der Waals surface area contributed by atoms with Gasteiger partial charge in [-0.1, -0.05) is 6.92 Å². The van der Waals surface area contributed by atoms with Gasteiger partial charge in [0, 0.05) is 32.2 Å². The van der Waals surface area contributed by atoms with Gasteiger partial charge in [0.15, 0.2) is 0 Å². The number of aromatic nitrogens is 1. The van der Waals surface area contributed by atoms with Crippen LogP contribution in [0.1, 0.15) is 30.6 Å². The van der Waals surface area contributed by atoms with E-state index >= 15 is 0 Å². The van der Waals surface area contributed by atoms with Crippen molar-refractivity contribution in [2.75, 3.05) is 42.9 Å². The largest absolute Gasteiger partial charge is 0.497 e. The number of anilines is 2. The number of hydrogen-bond donors (Lipinski definition) is 3. The van der Waals surface area contributed by atoms with Gasteiger partial charge in [-0.25, -0.2) is 13.4 Å². The van der Waals surface area contributed by atoms with Crippen LogP contribution in [0.3, 0.4) is 0 Å². The number of carbonyl (C=O) groups excluding carboxylic acids is 1. The Bertz CT molecular complexity index is 1000. The average molecular weight is 448 g/mol. The number of rotatable bonds is 8. The van der Waals surface area contributed by atoms with E-state index in [1.54, 1.807) is 18.2 Å². The molecule has 1 saturated heterocycles. The number of amides is 1. The summed E-state index contributed by atoms with van der Waals surface area (Å²) in [5.41, 5.74) is 0.570. The van der Waals surface area contributed by atoms with Gasteiger partial charge in [0.2, 0.25) is 0 Å². The molecule has 0 spiro atoms. The molecule has 1 amide bonds. The molecule has 1 aromatic heterocycles. The van der Waals surface area contributed by atoms with E-state index in [0.717, 1.165) is 19.5 Å². The van der Waals surface area contributed by atoms with E-state index in [1.165, 1.54) is 25.4 Å². The number of benzene rings is 1. The summed E-state index contributed by atoms with van der Waals surface area (Å²) in [6, 6.07) is 7.60. The SMILES string of the molecule is CC[C@H](C)NC(=O)c1cc(NS(=O)(=O)c2ccc(OC)cc2)cnc1N1CCNCC1. The molecule has 1 aliphatic heterocycles. The maximum absolute atomic E-state index is 13.0. The van der Waals surface area contributed by atoms with Crippen molar-refractivity contribution in [3.05, 3.63) is 42.1 Å². The van der Waals surface area contributed by atoms with Crippen molar-refractivity contribution in [2.45, 2.75) is 31.2 Å². The Morgan fingerprint density at radius 1 is 1.26 bits per heavy atom. The Balaban J connectivity index is 1.91. The highest BCUT2D eigenvalue weighted by Gasteiger charge is 2.23. The number of piperazine rings is 1. The van der Waals surface area contributed by atoms with Gasteiger partial charge in [0.05, 0.1) is 29.5 Å². The van der Waals surface area contributed by atoms with Crippen LogP contribution in [-0.4, -0.2) is 58.6 Å². The minimum Gasteiger partial charge on any atom is -0.497 e. The smallest absolute Gasteiger partial charge is 0.261 e. The first-order chi connectivity index (χ1) is 14.8. The number of ether oxygens (including phenoxy) is 1. The quantitative estimate of drug-likeness (QED) is 0.566. The molecule has 31 heavy (non-hydrogen) atoms. The van der Waals surface area contributed by atoms with E-state index in [9.17, 15) is 13.2 Å². The summed E-state index contributed by atoms with van der Waals surface area (Å²) >= 11 is 0. The minimum absolute atomic E-state index is 0.0111. The molecule has 1 aliphatic rings. The molecule has 3 N–H and O–H groups in total. The van der Waals surface area contributed by atoms with Crippen LogP contribution in [-0.2, 0) is 10.0 Å². The maximum Gasteiger partial charge on any atom is 0.261 e. The number of sulfonamides is 1. The molecule has 168 valence electrons. The molecule has 2 heterocycles. The lowest BCUT2D eigenvalue weighted by Crippen LogP contribution is -2.45. The van der Waals surface area contributed by atoms with Crippen molar-refractivity contribution >= 4 is 27.4 Å². The third-order valence-corrected chi connectivity index (χ3v) is 6.54. The molecule has 10 heteroatoms. The fourth-order valence-corrected chi connectivity index (χ4v) is 4.22. The van der Waals surface area contributed by atoms with E-state index in [1.807, 2.05) is 18.7 Å². The summed E-state index contributed by atoms with van der Waals surface area (Å²) in [6.45, 7) is 6.92. The first kappa shape index (κ1) is 22.8. The number of nitrogens with zero attached hydrogens (tertiary/aromatic N) is 2. The highest BCUT2D eigenvalue weighted by Crippen LogP contribution is 2.24. The van der Waals surface area contributed by atoms with Crippen molar-refractivity contribution in [1.82, 2.24) is 15.6 Å². The lowest BCUT2D eigenvalue weighted by atomic mass is 10.1. The Labute approximate surface area is 183 Å². The molecule has 9 nitrogen and oxygen atoms in total. The highest BCUT2D eigenvalue weighted by molar-refractivity contribution is 7.92. The van der Waals surface area contributed by atoms with Crippen LogP contribution in [0.5, 0.6) is 5.75 Å². The molecule has 1 atom stereocenters. The Hall–Kier alpha value is -2.85. The zero-order valence-corrected chi connectivity index (χ0v) is 18.8. The Morgan fingerprint density at radius 2 is 1.94 bits per heavy atom. The van der Waals surface area contributed by atoms with E-state index < -0.39 is 10.0 Å². The molecular formula is C21H29N5O4S. The van der Waals surface area contributed by atoms with Gasteiger partial charge < -0.3 is 20.3 Å². The van der Waals surface area contributed by atoms with Gasteiger partial charge in [-0.05, 0) is 43.7 Å². The number of nitrogens with one attached hydrogen (secondary N) is 3. The maximum atomic E-state index is 13.0. The standard InChI is InChI=1S/C21H29N5O4S/c1-4-15(2)24-21(27)19-13-16(14-23-20(19)26-11-9-22-10-12-26)25-31(28,29)18-7-5-17(30-3)6-8-18/h5-8,13-15,22,25H,4,9-12H2,1-3H3,(H,24,27)/t15-/m0/s1. The Morgan fingerprint density at radius 3 is 2.55 bits per heavy atom. The molecule has 3 rings (SSSR count). The minimum atomic E-state index is -3.85. The summed E-state index contributed by atoms with van der Waals surface area (Å²) in [6.07, 6.45) is 2.23. The van der Waals surface area contributed by atoms with Crippen LogP contribution in [0.4, 0.5) is 11.5 Å². The van der Waals surface area contributed by atoms with Gasteiger partial charge in [0.1, 0.15) is 11.6 Å². The second-order valence-electron chi connectivity index (χ2n) is 7.40. The van der Waals surface area contributed by atoms with Crippen molar-refractivity contribution in [3.8, 4) is 5.75 Å². The van der Waals surface area contributed by atoms with Crippen molar-refractivity contribution in [1.29, 1.82) is 0 Å². The molecular weight excluding hydrogens is 418 g/mol. The van der Waals surface area contributed by atoms with Gasteiger partial charge in [-0.2, -0.15) is 0 Å². The topological polar surface area (TPSA) is 113 Å². The second-order valence-corrected chi connectivity index (χ2v) is 9.08. The van der Waals surface area contributed by atoms with Crippen LogP contribution in [0.15, 0.2) is 41.4 Å². The number of hydrogen-bond acceptors (Lipinski definition) is 7. The van der Waals surface area contributed by atoms with Crippen molar-refractivity contribution < 1.29 is 17.9 Å². The summed E-state index contributed by atoms with van der Waals surface area (Å²) in [7, 11) is -2.33. The first-order valence-electron chi connectivity index (χ1n) is 10.3. The Kier molecular flexibility index (Phi) is 7.34. The van der Waals surface area contributed by atoms with E-state index in [2.05, 4.69) is 20.3 Å². The fraction of sp³-hybridized carbons (Fsp3) is 0.429. The predicted molar refractivity (Wildman–Crippen MR) is 120 cm³/mol. The van der Waals surface area contributed by atoms with Crippen LogP contribution in [0.25, 0.3) is 0 Å². The van der Waals surface area contributed by atoms with Gasteiger partial charge >= 0.3 is 0 Å². The molecule has 0 aliphatic carbocycles. The van der Waals surface area contributed by atoms with Crippen LogP contribution < -0.4 is 25.0 Å². The lowest BCUT2D eigenvalue weighted by Gasteiger charge is -2.30. The third kappa shape index (κ3) is 5.65. The first-order valence-corrected chi connectivity index (χ1v) is 11.8. The number of methoxy groups -OCH3 is 1. The van der Waals surface area contributed by atoms with Crippen LogP contribution in [0.2, 0.25) is 0 Å². The van der Waals surface area contributed by atoms with E-state index in [-0.39, 0.29) is 22.5 Å². The second kappa shape index (κ2) is 9.97. The monoisotopic (exact) mass is 447 g/mol. The summed E-state index contributed by atoms with van der Waals surface area (Å²) in [5.74, 6) is 0.834. The van der Waals surface area contributed by atoms with Gasteiger partial charge in [0.25, 0.3) is 15.9 Å². The van der Waals surface area contributed by atoms with Gasteiger partial charge in [-0.15, -0.1) is 0 Å². The molecule has 1 fully saturated rings. The van der Waals surface area contributed by atoms with Crippen molar-refractivity contribution in [2.24, 2.45) is 0 Å². The highest BCUT2D eigenvalue weighted by atomic mass is 32.2. The van der Waals surface area contributed by atoms with E-state index in [4.69, 9.17) is 4.74 Å². The molecule has 1 aromatic carbocycles. The summed E-state index contributed by atoms with van der Waals surface area (Å²) in [4.78, 5) is 19.5. The molecule has 0 saturated carbocycles. The van der Waals surface area contributed by atoms with Gasteiger partial charge in [-0.3, -0.25) is 9.52 Å². The summed E-state index contributed by atoms with van der Waals surface area (Å²) < 4.78 is 33.2. The zero-order chi connectivity index (χ0) is 22.4. The van der Waals surface area contributed by atoms with Crippen LogP contribution >= 0.6 is 0 Å². The molecule has 0 bridgehead atoms. The lowest BCUT2D eigenvalue weighted by molar-refractivity contribution is 0.0939. The molecule has 0 radical (unpaired) electrons. The third-order valence-electron chi connectivity index (χ3n) is 5.14. The summed E-state index contributed by atoms with van der Waals surface area (Å²) in [5, 5.41) is 6.22.